The molecule has 0 atom stereocenters. The Morgan fingerprint density at radius 3 is 2.94 bits per heavy atom. The number of rotatable bonds is 4. The lowest BCUT2D eigenvalue weighted by atomic mass is 10.4. The molecule has 2 rings (SSSR count). The fourth-order valence-corrected chi connectivity index (χ4v) is 3.59. The number of thioether (sulfide) groups is 1. The molecule has 2 aromatic heterocycles. The van der Waals surface area contributed by atoms with Gasteiger partial charge >= 0.3 is 0 Å². The number of fused-ring (bicyclic) bond motifs is 1. The van der Waals surface area contributed by atoms with Crippen molar-refractivity contribution < 1.29 is 8.42 Å². The fourth-order valence-electron chi connectivity index (χ4n) is 1.18. The number of aromatic nitrogens is 4. The second kappa shape index (κ2) is 4.79. The fraction of sp³-hybridized carbons (Fsp3) is 0.375. The number of nitrogens with one attached hydrogen (secondary N) is 1. The van der Waals surface area contributed by atoms with Crippen LogP contribution in [-0.4, -0.2) is 46.3 Å². The number of sulfone groups is 1. The van der Waals surface area contributed by atoms with Crippen LogP contribution in [0.3, 0.4) is 0 Å². The van der Waals surface area contributed by atoms with E-state index in [-0.39, 0.29) is 11.0 Å². The van der Waals surface area contributed by atoms with Crippen molar-refractivity contribution in [2.45, 2.75) is 5.03 Å². The number of aromatic amines is 1. The highest BCUT2D eigenvalue weighted by Crippen LogP contribution is 2.25. The van der Waals surface area contributed by atoms with Gasteiger partial charge in [-0.3, -0.25) is 5.10 Å². The van der Waals surface area contributed by atoms with Crippen LogP contribution >= 0.6 is 23.4 Å². The molecule has 1 N–H and O–H groups in total. The first kappa shape index (κ1) is 12.6. The predicted octanol–water partition coefficient (Wildman–Crippen LogP) is 1.14. The normalized spacial score (nSPS) is 12.1. The molecule has 2 heterocycles. The van der Waals surface area contributed by atoms with Crippen molar-refractivity contribution in [3.63, 3.8) is 0 Å². The molecule has 0 saturated heterocycles. The molecule has 0 unspecified atom stereocenters. The molecule has 0 aliphatic heterocycles. The van der Waals surface area contributed by atoms with E-state index in [0.29, 0.717) is 16.4 Å². The van der Waals surface area contributed by atoms with E-state index >= 15 is 0 Å². The van der Waals surface area contributed by atoms with Crippen LogP contribution in [0, 0.1) is 0 Å². The molecular weight excluding hydrogens is 284 g/mol. The zero-order chi connectivity index (χ0) is 12.5. The van der Waals surface area contributed by atoms with E-state index < -0.39 is 9.84 Å². The maximum absolute atomic E-state index is 11.0. The maximum Gasteiger partial charge on any atom is 0.225 e. The Bertz CT molecular complexity index is 640. The van der Waals surface area contributed by atoms with Crippen LogP contribution in [0.1, 0.15) is 0 Å². The predicted molar refractivity (Wildman–Crippen MR) is 67.1 cm³/mol. The lowest BCUT2D eigenvalue weighted by Crippen LogP contribution is -2.05. The van der Waals surface area contributed by atoms with Gasteiger partial charge in [-0.2, -0.15) is 10.1 Å². The monoisotopic (exact) mass is 292 g/mol. The van der Waals surface area contributed by atoms with Crippen LogP contribution < -0.4 is 0 Å². The molecule has 0 fully saturated rings. The molecule has 17 heavy (non-hydrogen) atoms. The topological polar surface area (TPSA) is 88.6 Å². The molecule has 0 aliphatic rings. The van der Waals surface area contributed by atoms with E-state index in [1.54, 1.807) is 6.20 Å². The van der Waals surface area contributed by atoms with Crippen LogP contribution in [0.25, 0.3) is 11.0 Å². The summed E-state index contributed by atoms with van der Waals surface area (Å²) in [4.78, 5) is 8.01. The molecule has 6 nitrogen and oxygen atoms in total. The average Bonchev–Trinajstić information content (AvgIpc) is 2.63. The first-order valence-electron chi connectivity index (χ1n) is 4.63. The van der Waals surface area contributed by atoms with Crippen LogP contribution in [0.4, 0.5) is 0 Å². The van der Waals surface area contributed by atoms with Crippen LogP contribution in [0.15, 0.2) is 11.2 Å². The molecule has 0 bridgehead atoms. The Morgan fingerprint density at radius 2 is 2.24 bits per heavy atom. The highest BCUT2D eigenvalue weighted by atomic mass is 35.5. The smallest absolute Gasteiger partial charge is 0.225 e. The van der Waals surface area contributed by atoms with Gasteiger partial charge in [0.2, 0.25) is 5.28 Å². The Balaban J connectivity index is 2.20. The summed E-state index contributed by atoms with van der Waals surface area (Å²) < 4.78 is 22.0. The largest absolute Gasteiger partial charge is 0.261 e. The molecule has 0 spiro atoms. The van der Waals surface area contributed by atoms with Gasteiger partial charge < -0.3 is 0 Å². The molecule has 0 aromatic carbocycles. The second-order valence-corrected chi connectivity index (χ2v) is 7.09. The lowest BCUT2D eigenvalue weighted by Gasteiger charge is -2.01. The summed E-state index contributed by atoms with van der Waals surface area (Å²) in [5, 5.41) is 8.03. The van der Waals surface area contributed by atoms with Gasteiger partial charge in [0.25, 0.3) is 0 Å². The van der Waals surface area contributed by atoms with E-state index in [0.717, 1.165) is 5.39 Å². The van der Waals surface area contributed by atoms with E-state index in [2.05, 4.69) is 20.2 Å². The van der Waals surface area contributed by atoms with Crippen molar-refractivity contribution >= 4 is 44.2 Å². The summed E-state index contributed by atoms with van der Waals surface area (Å²) in [5.74, 6) is 0.519. The summed E-state index contributed by atoms with van der Waals surface area (Å²) in [7, 11) is -2.96. The van der Waals surface area contributed by atoms with Crippen molar-refractivity contribution in [1.82, 2.24) is 20.2 Å². The Labute approximate surface area is 107 Å². The van der Waals surface area contributed by atoms with Crippen molar-refractivity contribution in [3.8, 4) is 0 Å². The number of halogens is 1. The van der Waals surface area contributed by atoms with E-state index in [1.165, 1.54) is 18.0 Å². The summed E-state index contributed by atoms with van der Waals surface area (Å²) in [6.45, 7) is 0. The highest BCUT2D eigenvalue weighted by Gasteiger charge is 2.10. The molecule has 2 aromatic rings. The van der Waals surface area contributed by atoms with Gasteiger partial charge in [-0.05, 0) is 11.6 Å². The lowest BCUT2D eigenvalue weighted by molar-refractivity contribution is 0.603. The minimum absolute atomic E-state index is 0.0959. The van der Waals surface area contributed by atoms with E-state index in [9.17, 15) is 8.42 Å². The molecule has 0 aliphatic carbocycles. The number of hydrogen-bond acceptors (Lipinski definition) is 6. The molecule has 9 heteroatoms. The Hall–Kier alpha value is -0.860. The third kappa shape index (κ3) is 3.30. The van der Waals surface area contributed by atoms with Crippen LogP contribution in [-0.2, 0) is 9.84 Å². The zero-order valence-electron chi connectivity index (χ0n) is 8.84. The number of nitrogens with zero attached hydrogens (tertiary/aromatic N) is 3. The first-order valence-corrected chi connectivity index (χ1v) is 8.05. The van der Waals surface area contributed by atoms with Crippen molar-refractivity contribution in [2.75, 3.05) is 17.8 Å². The standard InChI is InChI=1S/C8H9ClN4O2S2/c1-17(14,15)3-2-16-7-5-4-10-13-6(5)11-8(9)12-7/h4H,2-3H2,1H3,(H,10,11,12,13). The number of H-pyrrole nitrogens is 1. The molecule has 0 saturated carbocycles. The van der Waals surface area contributed by atoms with Crippen LogP contribution in [0.5, 0.6) is 0 Å². The Morgan fingerprint density at radius 1 is 1.47 bits per heavy atom. The third-order valence-corrected chi connectivity index (χ3v) is 4.31. The highest BCUT2D eigenvalue weighted by molar-refractivity contribution is 8.00. The van der Waals surface area contributed by atoms with Gasteiger partial charge in [0.05, 0.1) is 17.3 Å². The van der Waals surface area contributed by atoms with Crippen molar-refractivity contribution in [1.29, 1.82) is 0 Å². The Kier molecular flexibility index (Phi) is 3.55. The summed E-state index contributed by atoms with van der Waals surface area (Å²) in [5.41, 5.74) is 0.548. The zero-order valence-corrected chi connectivity index (χ0v) is 11.2. The van der Waals surface area contributed by atoms with Gasteiger partial charge in [-0.25, -0.2) is 13.4 Å². The molecule has 92 valence electrons. The quantitative estimate of drug-likeness (QED) is 0.516. The average molecular weight is 293 g/mol. The minimum atomic E-state index is -2.96. The van der Waals surface area contributed by atoms with E-state index in [1.807, 2.05) is 0 Å². The summed E-state index contributed by atoms with van der Waals surface area (Å²) in [6, 6.07) is 0. The first-order chi connectivity index (χ1) is 7.96. The summed E-state index contributed by atoms with van der Waals surface area (Å²) in [6.07, 6.45) is 2.79. The van der Waals surface area contributed by atoms with Crippen LogP contribution in [0.2, 0.25) is 5.28 Å². The van der Waals surface area contributed by atoms with E-state index in [4.69, 9.17) is 11.6 Å². The molecule has 0 radical (unpaired) electrons. The minimum Gasteiger partial charge on any atom is -0.261 e. The van der Waals surface area contributed by atoms with Gasteiger partial charge in [0.1, 0.15) is 14.9 Å². The van der Waals surface area contributed by atoms with Gasteiger partial charge in [-0.1, -0.05) is 0 Å². The maximum atomic E-state index is 11.0. The summed E-state index contributed by atoms with van der Waals surface area (Å²) >= 11 is 7.07. The van der Waals surface area contributed by atoms with Gasteiger partial charge in [0.15, 0.2) is 5.65 Å². The van der Waals surface area contributed by atoms with Gasteiger partial charge in [0, 0.05) is 12.0 Å². The molecular formula is C8H9ClN4O2S2. The van der Waals surface area contributed by atoms with Gasteiger partial charge in [-0.15, -0.1) is 11.8 Å². The van der Waals surface area contributed by atoms with Crippen molar-refractivity contribution in [2.24, 2.45) is 0 Å². The molecule has 0 amide bonds. The van der Waals surface area contributed by atoms with Crippen molar-refractivity contribution in [3.05, 3.63) is 11.5 Å². The third-order valence-electron chi connectivity index (χ3n) is 1.94. The number of hydrogen-bond donors (Lipinski definition) is 1. The SMILES string of the molecule is CS(=O)(=O)CCSc1nc(Cl)nc2[nH]ncc12. The second-order valence-electron chi connectivity index (χ2n) is 3.41.